The van der Waals surface area contributed by atoms with Crippen molar-refractivity contribution < 1.29 is 8.42 Å². The predicted octanol–water partition coefficient (Wildman–Crippen LogP) is 0.407. The SMILES string of the molecule is CC1CCCN(C(N)=NCCNS(=O)(=O)c2cccnc2)C1. The van der Waals surface area contributed by atoms with Crippen LogP contribution in [0.4, 0.5) is 0 Å². The molecule has 1 aromatic rings. The van der Waals surface area contributed by atoms with Crippen molar-refractivity contribution in [2.24, 2.45) is 16.6 Å². The maximum atomic E-state index is 12.0. The van der Waals surface area contributed by atoms with Crippen LogP contribution in [-0.2, 0) is 10.0 Å². The Morgan fingerprint density at radius 1 is 1.59 bits per heavy atom. The molecule has 0 bridgehead atoms. The molecule has 1 aliphatic heterocycles. The fraction of sp³-hybridized carbons (Fsp3) is 0.571. The van der Waals surface area contributed by atoms with Crippen molar-refractivity contribution >= 4 is 16.0 Å². The van der Waals surface area contributed by atoms with Gasteiger partial charge in [-0.05, 0) is 30.9 Å². The van der Waals surface area contributed by atoms with Crippen LogP contribution in [0.3, 0.4) is 0 Å². The maximum Gasteiger partial charge on any atom is 0.242 e. The molecular formula is C14H23N5O2S. The van der Waals surface area contributed by atoms with Crippen LogP contribution in [0.2, 0.25) is 0 Å². The Labute approximate surface area is 131 Å². The van der Waals surface area contributed by atoms with Gasteiger partial charge in [-0.3, -0.25) is 9.98 Å². The molecule has 1 saturated heterocycles. The van der Waals surface area contributed by atoms with E-state index < -0.39 is 10.0 Å². The molecule has 0 aliphatic carbocycles. The Kier molecular flexibility index (Phi) is 5.73. The first-order valence-electron chi connectivity index (χ1n) is 7.43. The smallest absolute Gasteiger partial charge is 0.242 e. The second-order valence-corrected chi connectivity index (χ2v) is 7.29. The lowest BCUT2D eigenvalue weighted by Gasteiger charge is -2.31. The lowest BCUT2D eigenvalue weighted by Crippen LogP contribution is -2.43. The van der Waals surface area contributed by atoms with Gasteiger partial charge < -0.3 is 10.6 Å². The third-order valence-corrected chi connectivity index (χ3v) is 5.05. The molecule has 122 valence electrons. The van der Waals surface area contributed by atoms with Crippen molar-refractivity contribution in [3.8, 4) is 0 Å². The van der Waals surface area contributed by atoms with Gasteiger partial charge in [-0.1, -0.05) is 6.92 Å². The number of hydrogen-bond donors (Lipinski definition) is 2. The number of sulfonamides is 1. The summed E-state index contributed by atoms with van der Waals surface area (Å²) in [6.45, 7) is 4.55. The summed E-state index contributed by atoms with van der Waals surface area (Å²) in [7, 11) is -3.53. The molecule has 7 nitrogen and oxygen atoms in total. The molecule has 2 heterocycles. The van der Waals surface area contributed by atoms with Gasteiger partial charge in [0.2, 0.25) is 10.0 Å². The summed E-state index contributed by atoms with van der Waals surface area (Å²) >= 11 is 0. The zero-order valence-corrected chi connectivity index (χ0v) is 13.6. The molecule has 1 atom stereocenters. The fourth-order valence-electron chi connectivity index (χ4n) is 2.44. The van der Waals surface area contributed by atoms with Gasteiger partial charge in [0.1, 0.15) is 4.90 Å². The minimum absolute atomic E-state index is 0.150. The molecule has 1 aliphatic rings. The summed E-state index contributed by atoms with van der Waals surface area (Å²) in [6.07, 6.45) is 5.18. The van der Waals surface area contributed by atoms with E-state index in [0.29, 0.717) is 18.4 Å². The maximum absolute atomic E-state index is 12.0. The van der Waals surface area contributed by atoms with Crippen molar-refractivity contribution in [1.82, 2.24) is 14.6 Å². The third kappa shape index (κ3) is 4.67. The Hall–Kier alpha value is -1.67. The summed E-state index contributed by atoms with van der Waals surface area (Å²) in [5, 5.41) is 0. The monoisotopic (exact) mass is 325 g/mol. The summed E-state index contributed by atoms with van der Waals surface area (Å²) in [5.41, 5.74) is 5.96. The molecule has 0 spiro atoms. The molecule has 3 N–H and O–H groups in total. The summed E-state index contributed by atoms with van der Waals surface area (Å²) in [4.78, 5) is 10.3. The first-order valence-corrected chi connectivity index (χ1v) is 8.92. The average molecular weight is 325 g/mol. The van der Waals surface area contributed by atoms with E-state index in [1.54, 1.807) is 6.07 Å². The number of hydrogen-bond acceptors (Lipinski definition) is 4. The van der Waals surface area contributed by atoms with Crippen LogP contribution in [0.25, 0.3) is 0 Å². The standard InChI is InChI=1S/C14H23N5O2S/c1-12-4-3-9-19(11-12)14(15)17-7-8-18-22(20,21)13-5-2-6-16-10-13/h2,5-6,10,12,18H,3-4,7-9,11H2,1H3,(H2,15,17). The number of pyridine rings is 1. The minimum Gasteiger partial charge on any atom is -0.370 e. The van der Waals surface area contributed by atoms with E-state index in [1.165, 1.54) is 24.9 Å². The first kappa shape index (κ1) is 16.7. The number of likely N-dealkylation sites (tertiary alicyclic amines) is 1. The zero-order valence-electron chi connectivity index (χ0n) is 12.8. The van der Waals surface area contributed by atoms with Gasteiger partial charge in [-0.15, -0.1) is 0 Å². The predicted molar refractivity (Wildman–Crippen MR) is 85.9 cm³/mol. The van der Waals surface area contributed by atoms with E-state index >= 15 is 0 Å². The van der Waals surface area contributed by atoms with Gasteiger partial charge in [0.15, 0.2) is 5.96 Å². The van der Waals surface area contributed by atoms with E-state index in [1.807, 2.05) is 0 Å². The molecule has 8 heteroatoms. The van der Waals surface area contributed by atoms with E-state index in [9.17, 15) is 8.42 Å². The van der Waals surface area contributed by atoms with E-state index in [0.717, 1.165) is 19.5 Å². The van der Waals surface area contributed by atoms with Crippen LogP contribution < -0.4 is 10.5 Å². The van der Waals surface area contributed by atoms with Crippen molar-refractivity contribution in [3.05, 3.63) is 24.5 Å². The fourth-order valence-corrected chi connectivity index (χ4v) is 3.42. The molecular weight excluding hydrogens is 302 g/mol. The van der Waals surface area contributed by atoms with E-state index in [-0.39, 0.29) is 11.4 Å². The zero-order chi connectivity index (χ0) is 16.0. The van der Waals surface area contributed by atoms with E-state index in [4.69, 9.17) is 5.73 Å². The Morgan fingerprint density at radius 3 is 3.09 bits per heavy atom. The Balaban J connectivity index is 1.82. The minimum atomic E-state index is -3.53. The first-order chi connectivity index (χ1) is 10.5. The quantitative estimate of drug-likeness (QED) is 0.464. The summed E-state index contributed by atoms with van der Waals surface area (Å²) in [5.74, 6) is 1.11. The van der Waals surface area contributed by atoms with Gasteiger partial charge in [0, 0.05) is 32.0 Å². The molecule has 1 fully saturated rings. The second-order valence-electron chi connectivity index (χ2n) is 5.52. The average Bonchev–Trinajstić information content (AvgIpc) is 2.52. The largest absolute Gasteiger partial charge is 0.370 e. The lowest BCUT2D eigenvalue weighted by atomic mass is 10.0. The van der Waals surface area contributed by atoms with Crippen molar-refractivity contribution in [2.45, 2.75) is 24.7 Å². The van der Waals surface area contributed by atoms with Crippen LogP contribution in [0.5, 0.6) is 0 Å². The second kappa shape index (κ2) is 7.55. The van der Waals surface area contributed by atoms with Gasteiger partial charge in [-0.25, -0.2) is 13.1 Å². The topological polar surface area (TPSA) is 101 Å². The number of piperidine rings is 1. The van der Waals surface area contributed by atoms with Crippen LogP contribution in [-0.4, -0.2) is 50.4 Å². The molecule has 0 aromatic carbocycles. The van der Waals surface area contributed by atoms with E-state index in [2.05, 4.69) is 26.5 Å². The highest BCUT2D eigenvalue weighted by molar-refractivity contribution is 7.89. The van der Waals surface area contributed by atoms with Crippen LogP contribution in [0, 0.1) is 5.92 Å². The van der Waals surface area contributed by atoms with Crippen LogP contribution in [0.1, 0.15) is 19.8 Å². The number of rotatable bonds is 5. The van der Waals surface area contributed by atoms with Crippen LogP contribution in [0.15, 0.2) is 34.4 Å². The van der Waals surface area contributed by atoms with Gasteiger partial charge in [0.25, 0.3) is 0 Å². The van der Waals surface area contributed by atoms with Gasteiger partial charge >= 0.3 is 0 Å². The Bertz CT molecular complexity index is 603. The third-order valence-electron chi connectivity index (χ3n) is 3.60. The normalized spacial score (nSPS) is 20.1. The highest BCUT2D eigenvalue weighted by Gasteiger charge is 2.17. The number of guanidine groups is 1. The molecule has 0 radical (unpaired) electrons. The molecule has 1 unspecified atom stereocenters. The molecule has 0 saturated carbocycles. The summed E-state index contributed by atoms with van der Waals surface area (Å²) in [6, 6.07) is 3.09. The van der Waals surface area contributed by atoms with Crippen molar-refractivity contribution in [2.75, 3.05) is 26.2 Å². The summed E-state index contributed by atoms with van der Waals surface area (Å²) < 4.78 is 26.5. The molecule has 22 heavy (non-hydrogen) atoms. The number of nitrogens with one attached hydrogen (secondary N) is 1. The highest BCUT2D eigenvalue weighted by Crippen LogP contribution is 2.14. The Morgan fingerprint density at radius 2 is 2.41 bits per heavy atom. The molecule has 1 aromatic heterocycles. The van der Waals surface area contributed by atoms with Gasteiger partial charge in [0.05, 0.1) is 6.54 Å². The number of aliphatic imine (C=N–C) groups is 1. The van der Waals surface area contributed by atoms with Crippen molar-refractivity contribution in [1.29, 1.82) is 0 Å². The number of nitrogens with two attached hydrogens (primary N) is 1. The van der Waals surface area contributed by atoms with Crippen molar-refractivity contribution in [3.63, 3.8) is 0 Å². The lowest BCUT2D eigenvalue weighted by molar-refractivity contribution is 0.270. The molecule has 2 rings (SSSR count). The number of aromatic nitrogens is 1. The molecule has 0 amide bonds. The van der Waals surface area contributed by atoms with Gasteiger partial charge in [-0.2, -0.15) is 0 Å². The highest BCUT2D eigenvalue weighted by atomic mass is 32.2. The van der Waals surface area contributed by atoms with Crippen LogP contribution >= 0.6 is 0 Å². The number of nitrogens with zero attached hydrogens (tertiary/aromatic N) is 3.